The van der Waals surface area contributed by atoms with Gasteiger partial charge in [0, 0.05) is 25.4 Å². The second-order valence-corrected chi connectivity index (χ2v) is 4.89. The lowest BCUT2D eigenvalue weighted by molar-refractivity contribution is -0.139. The SMILES string of the molecule is C#CCC(CC)N1CCC(=O)NC(C)(C)C1=O. The molecule has 0 radical (unpaired) electrons. The summed E-state index contributed by atoms with van der Waals surface area (Å²) in [5, 5.41) is 2.74. The second-order valence-electron chi connectivity index (χ2n) is 4.89. The van der Waals surface area contributed by atoms with E-state index in [1.165, 1.54) is 0 Å². The first kappa shape index (κ1) is 13.6. The zero-order valence-corrected chi connectivity index (χ0v) is 10.7. The van der Waals surface area contributed by atoms with E-state index in [0.29, 0.717) is 19.4 Å². The van der Waals surface area contributed by atoms with Crippen molar-refractivity contribution in [3.63, 3.8) is 0 Å². The molecular weight excluding hydrogens is 216 g/mol. The van der Waals surface area contributed by atoms with Crippen LogP contribution >= 0.6 is 0 Å². The maximum absolute atomic E-state index is 12.3. The van der Waals surface area contributed by atoms with Gasteiger partial charge in [0.15, 0.2) is 0 Å². The van der Waals surface area contributed by atoms with Gasteiger partial charge in [-0.15, -0.1) is 12.3 Å². The molecule has 0 aromatic carbocycles. The van der Waals surface area contributed by atoms with Crippen LogP contribution in [0.15, 0.2) is 0 Å². The molecule has 4 heteroatoms. The van der Waals surface area contributed by atoms with Crippen molar-refractivity contribution in [2.24, 2.45) is 0 Å². The highest BCUT2D eigenvalue weighted by atomic mass is 16.2. The summed E-state index contributed by atoms with van der Waals surface area (Å²) in [6.07, 6.45) is 7.00. The zero-order chi connectivity index (χ0) is 13.1. The predicted octanol–water partition coefficient (Wildman–Crippen LogP) is 0.915. The third-order valence-corrected chi connectivity index (χ3v) is 3.09. The summed E-state index contributed by atoms with van der Waals surface area (Å²) in [5.41, 5.74) is -0.838. The molecule has 1 saturated heterocycles. The van der Waals surface area contributed by atoms with Crippen molar-refractivity contribution in [1.82, 2.24) is 10.2 Å². The minimum absolute atomic E-state index is 0.0273. The molecule has 17 heavy (non-hydrogen) atoms. The number of terminal acetylenes is 1. The smallest absolute Gasteiger partial charge is 0.248 e. The molecule has 1 aliphatic rings. The first-order valence-corrected chi connectivity index (χ1v) is 5.98. The molecule has 0 spiro atoms. The Morgan fingerprint density at radius 3 is 2.71 bits per heavy atom. The highest BCUT2D eigenvalue weighted by Gasteiger charge is 2.38. The number of carbonyl (C=O) groups is 2. The lowest BCUT2D eigenvalue weighted by Gasteiger charge is -2.33. The zero-order valence-electron chi connectivity index (χ0n) is 10.7. The van der Waals surface area contributed by atoms with Crippen molar-refractivity contribution in [3.05, 3.63) is 0 Å². The van der Waals surface area contributed by atoms with Crippen LogP contribution in [0.2, 0.25) is 0 Å². The molecule has 4 nitrogen and oxygen atoms in total. The average Bonchev–Trinajstić information content (AvgIpc) is 2.35. The summed E-state index contributed by atoms with van der Waals surface area (Å²) in [7, 11) is 0. The fourth-order valence-electron chi connectivity index (χ4n) is 2.11. The van der Waals surface area contributed by atoms with Crippen LogP contribution in [0.3, 0.4) is 0 Å². The normalized spacial score (nSPS) is 21.4. The van der Waals surface area contributed by atoms with Crippen molar-refractivity contribution in [1.29, 1.82) is 0 Å². The van der Waals surface area contributed by atoms with E-state index in [1.807, 2.05) is 6.92 Å². The Hall–Kier alpha value is -1.50. The van der Waals surface area contributed by atoms with Crippen LogP contribution in [0.1, 0.15) is 40.0 Å². The Bertz CT molecular complexity index is 355. The molecule has 0 saturated carbocycles. The highest BCUT2D eigenvalue weighted by molar-refractivity contribution is 5.93. The van der Waals surface area contributed by atoms with Gasteiger partial charge >= 0.3 is 0 Å². The van der Waals surface area contributed by atoms with Crippen LogP contribution in [0.4, 0.5) is 0 Å². The number of rotatable bonds is 3. The van der Waals surface area contributed by atoms with Crippen molar-refractivity contribution in [2.45, 2.75) is 51.6 Å². The molecule has 1 fully saturated rings. The summed E-state index contributed by atoms with van der Waals surface area (Å²) >= 11 is 0. The molecule has 0 bridgehead atoms. The summed E-state index contributed by atoms with van der Waals surface area (Å²) in [6, 6.07) is 0.0273. The fraction of sp³-hybridized carbons (Fsp3) is 0.692. The van der Waals surface area contributed by atoms with E-state index in [-0.39, 0.29) is 17.9 Å². The summed E-state index contributed by atoms with van der Waals surface area (Å²) in [5.74, 6) is 2.46. The molecule has 0 aromatic heterocycles. The molecular formula is C13H20N2O2. The summed E-state index contributed by atoms with van der Waals surface area (Å²) in [6.45, 7) is 5.92. The van der Waals surface area contributed by atoms with Crippen LogP contribution < -0.4 is 5.32 Å². The minimum atomic E-state index is -0.838. The Labute approximate surface area is 103 Å². The van der Waals surface area contributed by atoms with E-state index < -0.39 is 5.54 Å². The summed E-state index contributed by atoms with van der Waals surface area (Å²) in [4.78, 5) is 25.6. The van der Waals surface area contributed by atoms with Gasteiger partial charge in [-0.2, -0.15) is 0 Å². The maximum Gasteiger partial charge on any atom is 0.248 e. The lowest BCUT2D eigenvalue weighted by Crippen LogP contribution is -2.54. The van der Waals surface area contributed by atoms with Crippen LogP contribution in [0.25, 0.3) is 0 Å². The molecule has 1 unspecified atom stereocenters. The van der Waals surface area contributed by atoms with Gasteiger partial charge in [0.1, 0.15) is 5.54 Å². The first-order valence-electron chi connectivity index (χ1n) is 5.98. The molecule has 1 atom stereocenters. The maximum atomic E-state index is 12.3. The van der Waals surface area contributed by atoms with E-state index in [2.05, 4.69) is 11.2 Å². The number of hydrogen-bond acceptors (Lipinski definition) is 2. The largest absolute Gasteiger partial charge is 0.342 e. The molecule has 2 amide bonds. The molecule has 1 N–H and O–H groups in total. The quantitative estimate of drug-likeness (QED) is 0.741. The predicted molar refractivity (Wildman–Crippen MR) is 66.1 cm³/mol. The molecule has 94 valence electrons. The van der Waals surface area contributed by atoms with Crippen LogP contribution in [-0.4, -0.2) is 34.8 Å². The Kier molecular flexibility index (Phi) is 4.17. The number of nitrogens with zero attached hydrogens (tertiary/aromatic N) is 1. The second kappa shape index (κ2) is 5.22. The summed E-state index contributed by atoms with van der Waals surface area (Å²) < 4.78 is 0. The van der Waals surface area contributed by atoms with Crippen molar-refractivity contribution in [3.8, 4) is 12.3 Å². The van der Waals surface area contributed by atoms with Gasteiger partial charge in [0.2, 0.25) is 11.8 Å². The van der Waals surface area contributed by atoms with Crippen molar-refractivity contribution >= 4 is 11.8 Å². The highest BCUT2D eigenvalue weighted by Crippen LogP contribution is 2.18. The van der Waals surface area contributed by atoms with Crippen molar-refractivity contribution < 1.29 is 9.59 Å². The molecule has 1 heterocycles. The lowest BCUT2D eigenvalue weighted by atomic mass is 10.0. The number of hydrogen-bond donors (Lipinski definition) is 1. The van der Waals surface area contributed by atoms with Gasteiger partial charge in [-0.1, -0.05) is 6.92 Å². The van der Waals surface area contributed by atoms with Crippen LogP contribution in [-0.2, 0) is 9.59 Å². The topological polar surface area (TPSA) is 49.4 Å². The minimum Gasteiger partial charge on any atom is -0.342 e. The molecule has 0 aromatic rings. The van der Waals surface area contributed by atoms with Gasteiger partial charge in [0.25, 0.3) is 0 Å². The Morgan fingerprint density at radius 2 is 2.18 bits per heavy atom. The Balaban J connectivity index is 2.94. The molecule has 1 rings (SSSR count). The fourth-order valence-corrected chi connectivity index (χ4v) is 2.11. The van der Waals surface area contributed by atoms with E-state index in [9.17, 15) is 9.59 Å². The van der Waals surface area contributed by atoms with Crippen LogP contribution in [0, 0.1) is 12.3 Å². The van der Waals surface area contributed by atoms with E-state index in [4.69, 9.17) is 6.42 Å². The number of amides is 2. The first-order chi connectivity index (χ1) is 7.92. The average molecular weight is 236 g/mol. The van der Waals surface area contributed by atoms with Gasteiger partial charge in [-0.3, -0.25) is 9.59 Å². The standard InChI is InChI=1S/C13H20N2O2/c1-5-7-10(6-2)15-9-8-11(16)14-13(3,4)12(15)17/h1,10H,6-9H2,2-4H3,(H,14,16). The van der Waals surface area contributed by atoms with Gasteiger partial charge in [0.05, 0.1) is 0 Å². The van der Waals surface area contributed by atoms with Gasteiger partial charge < -0.3 is 10.2 Å². The van der Waals surface area contributed by atoms with Crippen molar-refractivity contribution in [2.75, 3.05) is 6.54 Å². The third-order valence-electron chi connectivity index (χ3n) is 3.09. The Morgan fingerprint density at radius 1 is 1.53 bits per heavy atom. The number of nitrogens with one attached hydrogen (secondary N) is 1. The van der Waals surface area contributed by atoms with E-state index in [1.54, 1.807) is 18.7 Å². The molecule has 0 aliphatic carbocycles. The third kappa shape index (κ3) is 3.00. The van der Waals surface area contributed by atoms with Gasteiger partial charge in [-0.05, 0) is 20.3 Å². The van der Waals surface area contributed by atoms with E-state index >= 15 is 0 Å². The van der Waals surface area contributed by atoms with Gasteiger partial charge in [-0.25, -0.2) is 0 Å². The monoisotopic (exact) mass is 236 g/mol. The number of carbonyl (C=O) groups excluding carboxylic acids is 2. The molecule has 1 aliphatic heterocycles. The van der Waals surface area contributed by atoms with Crippen LogP contribution in [0.5, 0.6) is 0 Å². The van der Waals surface area contributed by atoms with E-state index in [0.717, 1.165) is 6.42 Å².